The topological polar surface area (TPSA) is 29.3 Å². The van der Waals surface area contributed by atoms with Crippen LogP contribution in [0.15, 0.2) is 0 Å². The SMILES string of the molecule is CCCN1CCC(N)C12CC(C)CC(C)(C)C2. The molecular formula is C15H30N2. The minimum Gasteiger partial charge on any atom is -0.326 e. The van der Waals surface area contributed by atoms with Crippen LogP contribution in [0.5, 0.6) is 0 Å². The summed E-state index contributed by atoms with van der Waals surface area (Å²) in [4.78, 5) is 2.72. The van der Waals surface area contributed by atoms with Crippen molar-refractivity contribution in [2.45, 2.75) is 71.4 Å². The first kappa shape index (κ1) is 13.4. The summed E-state index contributed by atoms with van der Waals surface area (Å²) in [5, 5.41) is 0. The average molecular weight is 238 g/mol. The van der Waals surface area contributed by atoms with Crippen molar-refractivity contribution in [1.29, 1.82) is 0 Å². The Balaban J connectivity index is 2.24. The Morgan fingerprint density at radius 3 is 2.59 bits per heavy atom. The second-order valence-electron chi connectivity index (χ2n) is 7.34. The van der Waals surface area contributed by atoms with Gasteiger partial charge in [-0.1, -0.05) is 27.7 Å². The van der Waals surface area contributed by atoms with E-state index in [4.69, 9.17) is 5.73 Å². The molecule has 2 nitrogen and oxygen atoms in total. The van der Waals surface area contributed by atoms with E-state index in [2.05, 4.69) is 32.6 Å². The molecule has 1 saturated carbocycles. The number of nitrogens with two attached hydrogens (primary N) is 1. The highest BCUT2D eigenvalue weighted by Crippen LogP contribution is 2.50. The molecule has 3 atom stereocenters. The number of nitrogens with zero attached hydrogens (tertiary/aromatic N) is 1. The first-order valence-corrected chi connectivity index (χ1v) is 7.40. The smallest absolute Gasteiger partial charge is 0.0368 e. The van der Waals surface area contributed by atoms with Crippen molar-refractivity contribution in [3.05, 3.63) is 0 Å². The molecular weight excluding hydrogens is 208 g/mol. The summed E-state index contributed by atoms with van der Waals surface area (Å²) in [6.07, 6.45) is 6.43. The third kappa shape index (κ3) is 2.39. The molecule has 2 heteroatoms. The molecule has 3 unspecified atom stereocenters. The highest BCUT2D eigenvalue weighted by atomic mass is 15.2. The molecule has 1 heterocycles. The minimum atomic E-state index is 0.317. The molecule has 1 aliphatic carbocycles. The van der Waals surface area contributed by atoms with Gasteiger partial charge in [0.2, 0.25) is 0 Å². The molecule has 2 rings (SSSR count). The predicted molar refractivity (Wildman–Crippen MR) is 74.0 cm³/mol. The van der Waals surface area contributed by atoms with E-state index in [1.54, 1.807) is 0 Å². The van der Waals surface area contributed by atoms with Crippen molar-refractivity contribution in [2.75, 3.05) is 13.1 Å². The normalized spacial score (nSPS) is 42.2. The molecule has 0 radical (unpaired) electrons. The number of hydrogen-bond acceptors (Lipinski definition) is 2. The largest absolute Gasteiger partial charge is 0.326 e. The van der Waals surface area contributed by atoms with Gasteiger partial charge >= 0.3 is 0 Å². The summed E-state index contributed by atoms with van der Waals surface area (Å²) < 4.78 is 0. The van der Waals surface area contributed by atoms with Gasteiger partial charge in [-0.3, -0.25) is 4.90 Å². The Morgan fingerprint density at radius 1 is 1.29 bits per heavy atom. The van der Waals surface area contributed by atoms with Gasteiger partial charge in [-0.2, -0.15) is 0 Å². The van der Waals surface area contributed by atoms with Crippen molar-refractivity contribution in [3.63, 3.8) is 0 Å². The van der Waals surface area contributed by atoms with Gasteiger partial charge in [0.1, 0.15) is 0 Å². The van der Waals surface area contributed by atoms with Crippen molar-refractivity contribution in [2.24, 2.45) is 17.1 Å². The van der Waals surface area contributed by atoms with Crippen molar-refractivity contribution in [1.82, 2.24) is 4.90 Å². The molecule has 0 aromatic carbocycles. The third-order valence-corrected chi connectivity index (χ3v) is 4.91. The van der Waals surface area contributed by atoms with Crippen LogP contribution in [0.2, 0.25) is 0 Å². The second-order valence-corrected chi connectivity index (χ2v) is 7.34. The first-order valence-electron chi connectivity index (χ1n) is 7.40. The maximum atomic E-state index is 6.51. The summed E-state index contributed by atoms with van der Waals surface area (Å²) in [6.45, 7) is 12.0. The van der Waals surface area contributed by atoms with Crippen LogP contribution >= 0.6 is 0 Å². The van der Waals surface area contributed by atoms with E-state index >= 15 is 0 Å². The Morgan fingerprint density at radius 2 is 2.00 bits per heavy atom. The molecule has 17 heavy (non-hydrogen) atoms. The van der Waals surface area contributed by atoms with Crippen LogP contribution in [0, 0.1) is 11.3 Å². The van der Waals surface area contributed by atoms with Crippen molar-refractivity contribution < 1.29 is 0 Å². The van der Waals surface area contributed by atoms with Crippen LogP contribution in [-0.4, -0.2) is 29.6 Å². The summed E-state index contributed by atoms with van der Waals surface area (Å²) in [6, 6.07) is 0.399. The fourth-order valence-corrected chi connectivity index (χ4v) is 4.74. The van der Waals surface area contributed by atoms with E-state index in [1.165, 1.54) is 45.2 Å². The van der Waals surface area contributed by atoms with Crippen LogP contribution < -0.4 is 5.73 Å². The van der Waals surface area contributed by atoms with Gasteiger partial charge in [0, 0.05) is 18.1 Å². The molecule has 2 fully saturated rings. The number of rotatable bonds is 2. The van der Waals surface area contributed by atoms with E-state index in [0.717, 1.165) is 5.92 Å². The highest BCUT2D eigenvalue weighted by molar-refractivity contribution is 5.09. The third-order valence-electron chi connectivity index (χ3n) is 4.91. The lowest BCUT2D eigenvalue weighted by molar-refractivity contribution is 0.00162. The molecule has 0 aromatic rings. The van der Waals surface area contributed by atoms with Crippen molar-refractivity contribution >= 4 is 0 Å². The molecule has 100 valence electrons. The van der Waals surface area contributed by atoms with Gasteiger partial charge in [0.15, 0.2) is 0 Å². The van der Waals surface area contributed by atoms with Crippen LogP contribution in [-0.2, 0) is 0 Å². The molecule has 1 saturated heterocycles. The molecule has 0 amide bonds. The second kappa shape index (κ2) is 4.55. The maximum absolute atomic E-state index is 6.51. The zero-order valence-corrected chi connectivity index (χ0v) is 12.1. The molecule has 2 aliphatic rings. The summed E-state index contributed by atoms with van der Waals surface area (Å²) in [5.41, 5.74) is 7.29. The lowest BCUT2D eigenvalue weighted by Crippen LogP contribution is -2.59. The lowest BCUT2D eigenvalue weighted by Gasteiger charge is -2.52. The Bertz CT molecular complexity index is 272. The minimum absolute atomic E-state index is 0.317. The fraction of sp³-hybridized carbons (Fsp3) is 1.00. The Hall–Kier alpha value is -0.0800. The zero-order chi connectivity index (χ0) is 12.7. The molecule has 0 bridgehead atoms. The van der Waals surface area contributed by atoms with Crippen LogP contribution in [0.1, 0.15) is 59.8 Å². The fourth-order valence-electron chi connectivity index (χ4n) is 4.74. The summed E-state index contributed by atoms with van der Waals surface area (Å²) in [7, 11) is 0. The van der Waals surface area contributed by atoms with Gasteiger partial charge in [-0.05, 0) is 50.0 Å². The highest BCUT2D eigenvalue weighted by Gasteiger charge is 2.52. The van der Waals surface area contributed by atoms with E-state index in [9.17, 15) is 0 Å². The van der Waals surface area contributed by atoms with Gasteiger partial charge < -0.3 is 5.73 Å². The molecule has 0 aromatic heterocycles. The number of likely N-dealkylation sites (tertiary alicyclic amines) is 1. The predicted octanol–water partition coefficient (Wildman–Crippen LogP) is 3.01. The lowest BCUT2D eigenvalue weighted by atomic mass is 9.62. The summed E-state index contributed by atoms with van der Waals surface area (Å²) in [5.74, 6) is 0.822. The zero-order valence-electron chi connectivity index (χ0n) is 12.1. The van der Waals surface area contributed by atoms with E-state index in [-0.39, 0.29) is 0 Å². The van der Waals surface area contributed by atoms with Gasteiger partial charge in [-0.25, -0.2) is 0 Å². The van der Waals surface area contributed by atoms with E-state index < -0.39 is 0 Å². The quantitative estimate of drug-likeness (QED) is 0.801. The Labute approximate surface area is 107 Å². The molecule has 1 spiro atoms. The maximum Gasteiger partial charge on any atom is 0.0368 e. The molecule has 1 aliphatic heterocycles. The monoisotopic (exact) mass is 238 g/mol. The average Bonchev–Trinajstić information content (AvgIpc) is 2.44. The van der Waals surface area contributed by atoms with E-state index in [0.29, 0.717) is 17.0 Å². The molecule has 2 N–H and O–H groups in total. The van der Waals surface area contributed by atoms with Gasteiger partial charge in [0.05, 0.1) is 0 Å². The van der Waals surface area contributed by atoms with Gasteiger partial charge in [0.25, 0.3) is 0 Å². The Kier molecular flexibility index (Phi) is 3.57. The van der Waals surface area contributed by atoms with E-state index in [1.807, 2.05) is 0 Å². The summed E-state index contributed by atoms with van der Waals surface area (Å²) >= 11 is 0. The van der Waals surface area contributed by atoms with Crippen LogP contribution in [0.25, 0.3) is 0 Å². The first-order chi connectivity index (χ1) is 7.89. The van der Waals surface area contributed by atoms with Gasteiger partial charge in [-0.15, -0.1) is 0 Å². The standard InChI is InChI=1S/C15H30N2/c1-5-7-17-8-6-13(16)15(17)10-12(2)9-14(3,4)11-15/h12-13H,5-11,16H2,1-4H3. The van der Waals surface area contributed by atoms with Crippen LogP contribution in [0.4, 0.5) is 0 Å². The van der Waals surface area contributed by atoms with Crippen molar-refractivity contribution in [3.8, 4) is 0 Å². The van der Waals surface area contributed by atoms with Crippen LogP contribution in [0.3, 0.4) is 0 Å². The number of hydrogen-bond donors (Lipinski definition) is 1.